The summed E-state index contributed by atoms with van der Waals surface area (Å²) in [6, 6.07) is 13.6. The molecule has 0 fully saturated rings. The first-order valence-corrected chi connectivity index (χ1v) is 9.85. The zero-order valence-corrected chi connectivity index (χ0v) is 16.9. The van der Waals surface area contributed by atoms with Gasteiger partial charge in [-0.2, -0.15) is 0 Å². The molecule has 5 nitrogen and oxygen atoms in total. The lowest BCUT2D eigenvalue weighted by Crippen LogP contribution is -2.21. The number of benzene rings is 3. The number of halogens is 2. The standard InChI is InChI=1S/C25H16F2O5/c1-30-15-5-2-13(3-6-15)10-21-24(29)16-7-9-20-23(25(16)32-21)17(12-22(28)31-20)14-4-8-18(26)19(27)11-14/h2-11,17H,12H2,1H3/b21-10-/t17-/m0/s1. The molecule has 2 heterocycles. The summed E-state index contributed by atoms with van der Waals surface area (Å²) in [6.07, 6.45) is 1.51. The minimum atomic E-state index is -1.02. The molecule has 3 aromatic rings. The average Bonchev–Trinajstić information content (AvgIpc) is 3.10. The van der Waals surface area contributed by atoms with E-state index in [1.807, 2.05) is 0 Å². The van der Waals surface area contributed by atoms with E-state index in [9.17, 15) is 18.4 Å². The van der Waals surface area contributed by atoms with E-state index >= 15 is 0 Å². The number of ketones is 1. The third-order valence-electron chi connectivity index (χ3n) is 5.54. The number of ether oxygens (including phenoxy) is 3. The van der Waals surface area contributed by atoms with E-state index in [2.05, 4.69) is 0 Å². The van der Waals surface area contributed by atoms with Crippen molar-refractivity contribution in [1.29, 1.82) is 0 Å². The van der Waals surface area contributed by atoms with Gasteiger partial charge in [-0.3, -0.25) is 9.59 Å². The highest BCUT2D eigenvalue weighted by atomic mass is 19.2. The summed E-state index contributed by atoms with van der Waals surface area (Å²) in [5.74, 6) is -2.20. The van der Waals surface area contributed by atoms with Gasteiger partial charge in [0.1, 0.15) is 17.2 Å². The molecule has 2 aliphatic heterocycles. The van der Waals surface area contributed by atoms with E-state index in [0.717, 1.165) is 17.7 Å². The smallest absolute Gasteiger partial charge is 0.312 e. The molecule has 0 unspecified atom stereocenters. The van der Waals surface area contributed by atoms with Crippen LogP contribution in [0.3, 0.4) is 0 Å². The quantitative estimate of drug-likeness (QED) is 0.329. The van der Waals surface area contributed by atoms with Gasteiger partial charge in [0.25, 0.3) is 0 Å². The second kappa shape index (κ2) is 7.60. The van der Waals surface area contributed by atoms with Crippen LogP contribution in [0.4, 0.5) is 8.78 Å². The highest BCUT2D eigenvalue weighted by Gasteiger charge is 2.38. The first-order valence-electron chi connectivity index (χ1n) is 9.85. The molecule has 0 aromatic heterocycles. The molecule has 7 heteroatoms. The van der Waals surface area contributed by atoms with E-state index in [1.54, 1.807) is 37.5 Å². The van der Waals surface area contributed by atoms with Crippen molar-refractivity contribution in [2.45, 2.75) is 12.3 Å². The summed E-state index contributed by atoms with van der Waals surface area (Å²) >= 11 is 0. The molecule has 3 aromatic carbocycles. The van der Waals surface area contributed by atoms with Gasteiger partial charge in [-0.15, -0.1) is 0 Å². The Morgan fingerprint density at radius 3 is 2.47 bits per heavy atom. The Bertz CT molecular complexity index is 1290. The van der Waals surface area contributed by atoms with Gasteiger partial charge in [-0.05, 0) is 53.6 Å². The maximum atomic E-state index is 13.9. The third kappa shape index (κ3) is 3.32. The van der Waals surface area contributed by atoms with E-state index in [4.69, 9.17) is 14.2 Å². The normalized spacial score (nSPS) is 18.1. The Balaban J connectivity index is 1.58. The molecule has 0 radical (unpaired) electrons. The van der Waals surface area contributed by atoms with Crippen LogP contribution in [0.2, 0.25) is 0 Å². The predicted molar refractivity (Wildman–Crippen MR) is 111 cm³/mol. The topological polar surface area (TPSA) is 61.8 Å². The van der Waals surface area contributed by atoms with Gasteiger partial charge in [-0.1, -0.05) is 18.2 Å². The first kappa shape index (κ1) is 19.9. The number of Topliss-reactive ketones (excluding diaryl/α,β-unsaturated/α-hetero) is 1. The van der Waals surface area contributed by atoms with Gasteiger partial charge in [0.2, 0.25) is 5.78 Å². The van der Waals surface area contributed by atoms with Gasteiger partial charge in [0, 0.05) is 11.5 Å². The number of hydrogen-bond donors (Lipinski definition) is 0. The van der Waals surface area contributed by atoms with Gasteiger partial charge < -0.3 is 14.2 Å². The van der Waals surface area contributed by atoms with Crippen molar-refractivity contribution < 1.29 is 32.6 Å². The van der Waals surface area contributed by atoms with E-state index in [0.29, 0.717) is 22.4 Å². The summed E-state index contributed by atoms with van der Waals surface area (Å²) in [5, 5.41) is 0. The number of carbonyl (C=O) groups excluding carboxylic acids is 2. The fourth-order valence-electron chi connectivity index (χ4n) is 3.97. The second-order valence-corrected chi connectivity index (χ2v) is 7.47. The fourth-order valence-corrected chi connectivity index (χ4v) is 3.97. The van der Waals surface area contributed by atoms with Gasteiger partial charge in [0.15, 0.2) is 17.4 Å². The van der Waals surface area contributed by atoms with Crippen LogP contribution in [-0.2, 0) is 4.79 Å². The number of hydrogen-bond acceptors (Lipinski definition) is 5. The predicted octanol–water partition coefficient (Wildman–Crippen LogP) is 5.03. The molecule has 0 saturated heterocycles. The summed E-state index contributed by atoms with van der Waals surface area (Å²) in [4.78, 5) is 25.1. The maximum absolute atomic E-state index is 13.9. The lowest BCUT2D eigenvalue weighted by molar-refractivity contribution is -0.135. The van der Waals surface area contributed by atoms with Gasteiger partial charge >= 0.3 is 5.97 Å². The summed E-state index contributed by atoms with van der Waals surface area (Å²) in [7, 11) is 1.56. The molecule has 160 valence electrons. The molecule has 32 heavy (non-hydrogen) atoms. The molecule has 0 saturated carbocycles. The fraction of sp³-hybridized carbons (Fsp3) is 0.120. The maximum Gasteiger partial charge on any atom is 0.312 e. The van der Waals surface area contributed by atoms with Crippen LogP contribution in [0.25, 0.3) is 6.08 Å². The zero-order chi connectivity index (χ0) is 22.4. The van der Waals surface area contributed by atoms with Crippen molar-refractivity contribution in [1.82, 2.24) is 0 Å². The minimum Gasteiger partial charge on any atom is -0.497 e. The molecule has 0 aliphatic carbocycles. The Morgan fingerprint density at radius 2 is 1.75 bits per heavy atom. The number of esters is 1. The number of carbonyl (C=O) groups is 2. The second-order valence-electron chi connectivity index (χ2n) is 7.47. The van der Waals surface area contributed by atoms with Crippen LogP contribution in [-0.4, -0.2) is 18.9 Å². The van der Waals surface area contributed by atoms with Crippen molar-refractivity contribution in [3.8, 4) is 17.2 Å². The van der Waals surface area contributed by atoms with Gasteiger partial charge in [0.05, 0.1) is 19.1 Å². The molecule has 0 bridgehead atoms. The molecule has 0 amide bonds. The van der Waals surface area contributed by atoms with Crippen LogP contribution in [0.5, 0.6) is 17.2 Å². The molecule has 1 atom stereocenters. The summed E-state index contributed by atoms with van der Waals surface area (Å²) in [5.41, 5.74) is 1.90. The van der Waals surface area contributed by atoms with Crippen molar-refractivity contribution in [3.63, 3.8) is 0 Å². The van der Waals surface area contributed by atoms with Crippen LogP contribution in [0.1, 0.15) is 39.4 Å². The lowest BCUT2D eigenvalue weighted by Gasteiger charge is -2.26. The average molecular weight is 434 g/mol. The van der Waals surface area contributed by atoms with Crippen molar-refractivity contribution in [2.24, 2.45) is 0 Å². The Labute approximate surface area is 181 Å². The highest BCUT2D eigenvalue weighted by Crippen LogP contribution is 2.49. The van der Waals surface area contributed by atoms with E-state index in [1.165, 1.54) is 18.2 Å². The Morgan fingerprint density at radius 1 is 0.969 bits per heavy atom. The van der Waals surface area contributed by atoms with E-state index < -0.39 is 23.5 Å². The Hall–Kier alpha value is -4.00. The number of allylic oxidation sites excluding steroid dienone is 1. The third-order valence-corrected chi connectivity index (χ3v) is 5.54. The molecular formula is C25H16F2O5. The highest BCUT2D eigenvalue weighted by molar-refractivity contribution is 6.15. The summed E-state index contributed by atoms with van der Waals surface area (Å²) < 4.78 is 43.8. The zero-order valence-electron chi connectivity index (χ0n) is 16.9. The number of rotatable bonds is 3. The van der Waals surface area contributed by atoms with Crippen LogP contribution in [0.15, 0.2) is 60.4 Å². The Kier molecular flexibility index (Phi) is 4.74. The molecule has 0 N–H and O–H groups in total. The molecule has 0 spiro atoms. The monoisotopic (exact) mass is 434 g/mol. The van der Waals surface area contributed by atoms with Crippen molar-refractivity contribution >= 4 is 17.8 Å². The van der Waals surface area contributed by atoms with Crippen LogP contribution >= 0.6 is 0 Å². The number of fused-ring (bicyclic) bond motifs is 3. The van der Waals surface area contributed by atoms with Crippen molar-refractivity contribution in [2.75, 3.05) is 7.11 Å². The van der Waals surface area contributed by atoms with Gasteiger partial charge in [-0.25, -0.2) is 8.78 Å². The van der Waals surface area contributed by atoms with Crippen LogP contribution in [0, 0.1) is 11.6 Å². The number of methoxy groups -OCH3 is 1. The SMILES string of the molecule is COc1ccc(/C=C2\Oc3c(ccc4c3[C@H](c3ccc(F)c(F)c3)CC(=O)O4)C2=O)cc1. The van der Waals surface area contributed by atoms with Crippen LogP contribution < -0.4 is 14.2 Å². The largest absolute Gasteiger partial charge is 0.497 e. The van der Waals surface area contributed by atoms with Crippen molar-refractivity contribution in [3.05, 3.63) is 94.2 Å². The molecular weight excluding hydrogens is 418 g/mol. The first-order chi connectivity index (χ1) is 15.4. The lowest BCUT2D eigenvalue weighted by atomic mass is 9.84. The minimum absolute atomic E-state index is 0.0936. The molecule has 2 aliphatic rings. The van der Waals surface area contributed by atoms with E-state index in [-0.39, 0.29) is 29.5 Å². The molecule has 5 rings (SSSR count). The summed E-state index contributed by atoms with van der Waals surface area (Å²) in [6.45, 7) is 0.